The van der Waals surface area contributed by atoms with E-state index >= 15 is 0 Å². The Balaban J connectivity index is 1.44. The summed E-state index contributed by atoms with van der Waals surface area (Å²) in [4.78, 5) is 40.3. The van der Waals surface area contributed by atoms with Crippen LogP contribution < -0.4 is 10.6 Å². The fraction of sp³-hybridized carbons (Fsp3) is 0.107. The Morgan fingerprint density at radius 1 is 0.865 bits per heavy atom. The van der Waals surface area contributed by atoms with Crippen LogP contribution in [-0.4, -0.2) is 28.8 Å². The molecule has 186 valence electrons. The van der Waals surface area contributed by atoms with Crippen LogP contribution in [0.1, 0.15) is 27.8 Å². The van der Waals surface area contributed by atoms with Crippen LogP contribution in [0, 0.1) is 5.82 Å². The van der Waals surface area contributed by atoms with Crippen LogP contribution in [0.5, 0.6) is 0 Å². The zero-order valence-electron chi connectivity index (χ0n) is 19.5. The number of benzene rings is 3. The molecule has 3 aromatic carbocycles. The maximum Gasteiger partial charge on any atom is 0.411 e. The van der Waals surface area contributed by atoms with Gasteiger partial charge < -0.3 is 19.8 Å². The van der Waals surface area contributed by atoms with Gasteiger partial charge in [-0.1, -0.05) is 42.5 Å². The van der Waals surface area contributed by atoms with E-state index in [1.54, 1.807) is 30.3 Å². The third kappa shape index (κ3) is 5.35. The Morgan fingerprint density at radius 2 is 1.65 bits per heavy atom. The predicted molar refractivity (Wildman–Crippen MR) is 133 cm³/mol. The number of nitrogens with one attached hydrogen (secondary N) is 2. The summed E-state index contributed by atoms with van der Waals surface area (Å²) in [5.74, 6) is -1.23. The normalized spacial score (nSPS) is 16.8. The molecule has 1 saturated heterocycles. The molecule has 0 spiro atoms. The van der Waals surface area contributed by atoms with Crippen molar-refractivity contribution in [3.8, 4) is 0 Å². The lowest BCUT2D eigenvalue weighted by molar-refractivity contribution is -0.121. The molecule has 4 aromatic rings. The Morgan fingerprint density at radius 3 is 2.38 bits per heavy atom. The fourth-order valence-electron chi connectivity index (χ4n) is 4.13. The van der Waals surface area contributed by atoms with Crippen molar-refractivity contribution < 1.29 is 27.9 Å². The van der Waals surface area contributed by atoms with E-state index < -0.39 is 35.9 Å². The van der Waals surface area contributed by atoms with Gasteiger partial charge in [-0.15, -0.1) is 0 Å². The average molecular weight is 499 g/mol. The zero-order chi connectivity index (χ0) is 25.8. The van der Waals surface area contributed by atoms with Crippen molar-refractivity contribution in [3.63, 3.8) is 0 Å². The maximum atomic E-state index is 13.5. The molecular weight excluding hydrogens is 477 g/mol. The average Bonchev–Trinajstić information content (AvgIpc) is 3.55. The monoisotopic (exact) mass is 499 g/mol. The molecule has 37 heavy (non-hydrogen) atoms. The van der Waals surface area contributed by atoms with E-state index in [1.165, 1.54) is 41.5 Å². The number of hydrogen-bond donors (Lipinski definition) is 2. The zero-order valence-corrected chi connectivity index (χ0v) is 19.5. The number of ether oxygens (including phenoxy) is 1. The summed E-state index contributed by atoms with van der Waals surface area (Å²) in [5, 5.41) is 5.49. The van der Waals surface area contributed by atoms with Crippen molar-refractivity contribution in [3.05, 3.63) is 120 Å². The van der Waals surface area contributed by atoms with Crippen LogP contribution in [0.15, 0.2) is 102 Å². The van der Waals surface area contributed by atoms with Gasteiger partial charge in [0.2, 0.25) is 0 Å². The van der Waals surface area contributed by atoms with Gasteiger partial charge in [0.15, 0.2) is 17.9 Å². The molecule has 8 nitrogen and oxygen atoms in total. The number of furan rings is 1. The van der Waals surface area contributed by atoms with Gasteiger partial charge in [-0.05, 0) is 59.7 Å². The number of carbonyl (C=O) groups is 3. The minimum Gasteiger partial charge on any atom is -0.459 e. The number of halogens is 1. The smallest absolute Gasteiger partial charge is 0.411 e. The van der Waals surface area contributed by atoms with E-state index in [2.05, 4.69) is 10.6 Å². The van der Waals surface area contributed by atoms with Crippen LogP contribution in [0.25, 0.3) is 0 Å². The number of nitrogens with zero attached hydrogens (tertiary/aromatic N) is 1. The Labute approximate surface area is 211 Å². The quantitative estimate of drug-likeness (QED) is 0.356. The third-order valence-corrected chi connectivity index (χ3v) is 5.88. The first-order valence-corrected chi connectivity index (χ1v) is 11.5. The molecule has 1 aliphatic rings. The van der Waals surface area contributed by atoms with E-state index in [1.807, 2.05) is 30.3 Å². The first-order valence-electron chi connectivity index (χ1n) is 11.5. The molecule has 5 rings (SSSR count). The van der Waals surface area contributed by atoms with Crippen LogP contribution in [0.2, 0.25) is 0 Å². The first-order chi connectivity index (χ1) is 18.0. The molecule has 0 radical (unpaired) electrons. The summed E-state index contributed by atoms with van der Waals surface area (Å²) in [6.45, 7) is 0.145. The minimum absolute atomic E-state index is 0.142. The van der Waals surface area contributed by atoms with E-state index in [0.717, 1.165) is 5.56 Å². The van der Waals surface area contributed by atoms with Crippen molar-refractivity contribution >= 4 is 29.3 Å². The molecule has 2 N–H and O–H groups in total. The van der Waals surface area contributed by atoms with Crippen molar-refractivity contribution in [2.75, 3.05) is 10.6 Å². The molecule has 2 heterocycles. The molecule has 1 fully saturated rings. The largest absolute Gasteiger partial charge is 0.459 e. The van der Waals surface area contributed by atoms with Gasteiger partial charge in [-0.3, -0.25) is 14.5 Å². The molecule has 2 atom stereocenters. The lowest BCUT2D eigenvalue weighted by Gasteiger charge is -2.24. The Kier molecular flexibility index (Phi) is 6.67. The minimum atomic E-state index is -1.03. The third-order valence-electron chi connectivity index (χ3n) is 5.88. The summed E-state index contributed by atoms with van der Waals surface area (Å²) in [7, 11) is 0. The highest BCUT2D eigenvalue weighted by molar-refractivity contribution is 6.02. The first kappa shape index (κ1) is 23.8. The van der Waals surface area contributed by atoms with Crippen molar-refractivity contribution in [1.29, 1.82) is 0 Å². The lowest BCUT2D eigenvalue weighted by atomic mass is 10.00. The number of rotatable bonds is 7. The van der Waals surface area contributed by atoms with Crippen molar-refractivity contribution in [2.45, 2.75) is 18.7 Å². The van der Waals surface area contributed by atoms with Gasteiger partial charge in [-0.25, -0.2) is 9.18 Å². The standard InChI is InChI=1S/C28H22FN3O5/c29-20-11-13-21(14-12-20)30-27(34)24-25(37-28(35)32(24)17-18-6-2-1-3-7-18)19-8-4-9-22(16-19)31-26(33)23-10-5-15-36-23/h1-16,24-25H,17H2,(H,30,34)(H,31,33). The summed E-state index contributed by atoms with van der Waals surface area (Å²) < 4.78 is 24.2. The maximum absolute atomic E-state index is 13.5. The topological polar surface area (TPSA) is 101 Å². The van der Waals surface area contributed by atoms with Crippen molar-refractivity contribution in [2.24, 2.45) is 0 Å². The predicted octanol–water partition coefficient (Wildman–Crippen LogP) is 5.37. The summed E-state index contributed by atoms with van der Waals surface area (Å²) in [5.41, 5.74) is 2.15. The second-order valence-corrected chi connectivity index (χ2v) is 8.42. The number of amides is 3. The molecule has 0 aliphatic carbocycles. The van der Waals surface area contributed by atoms with E-state index in [4.69, 9.17) is 9.15 Å². The Bertz CT molecular complexity index is 1410. The summed E-state index contributed by atoms with van der Waals surface area (Å²) in [6.07, 6.45) is -0.218. The van der Waals surface area contributed by atoms with E-state index in [9.17, 15) is 18.8 Å². The van der Waals surface area contributed by atoms with Gasteiger partial charge in [0.25, 0.3) is 11.8 Å². The van der Waals surface area contributed by atoms with Gasteiger partial charge >= 0.3 is 6.09 Å². The summed E-state index contributed by atoms with van der Waals surface area (Å²) >= 11 is 0. The molecule has 0 saturated carbocycles. The summed E-state index contributed by atoms with van der Waals surface area (Å²) in [6, 6.07) is 23.4. The number of carbonyl (C=O) groups excluding carboxylic acids is 3. The molecule has 0 bridgehead atoms. The number of anilines is 2. The highest BCUT2D eigenvalue weighted by Gasteiger charge is 2.47. The highest BCUT2D eigenvalue weighted by Crippen LogP contribution is 2.35. The molecular formula is C28H22FN3O5. The van der Waals surface area contributed by atoms with Gasteiger partial charge in [0.05, 0.1) is 12.8 Å². The van der Waals surface area contributed by atoms with E-state index in [-0.39, 0.29) is 12.3 Å². The van der Waals surface area contributed by atoms with Gasteiger partial charge in [0, 0.05) is 11.4 Å². The fourth-order valence-corrected chi connectivity index (χ4v) is 4.13. The second kappa shape index (κ2) is 10.4. The van der Waals surface area contributed by atoms with Crippen LogP contribution in [-0.2, 0) is 16.1 Å². The molecule has 9 heteroatoms. The second-order valence-electron chi connectivity index (χ2n) is 8.42. The highest BCUT2D eigenvalue weighted by atomic mass is 19.1. The lowest BCUT2D eigenvalue weighted by Crippen LogP contribution is -2.43. The van der Waals surface area contributed by atoms with Crippen LogP contribution in [0.4, 0.5) is 20.6 Å². The van der Waals surface area contributed by atoms with Crippen LogP contribution >= 0.6 is 0 Å². The molecule has 1 aromatic heterocycles. The van der Waals surface area contributed by atoms with Crippen LogP contribution in [0.3, 0.4) is 0 Å². The van der Waals surface area contributed by atoms with Gasteiger partial charge in [0.1, 0.15) is 5.82 Å². The SMILES string of the molecule is O=C(Nc1cccc(C2OC(=O)N(Cc3ccccc3)C2C(=O)Nc2ccc(F)cc2)c1)c1ccco1. The molecule has 1 aliphatic heterocycles. The number of cyclic esters (lactones) is 1. The van der Waals surface area contributed by atoms with Crippen molar-refractivity contribution in [1.82, 2.24) is 4.90 Å². The Hall–Kier alpha value is -4.92. The van der Waals surface area contributed by atoms with E-state index in [0.29, 0.717) is 16.9 Å². The number of hydrogen-bond acceptors (Lipinski definition) is 5. The molecule has 3 amide bonds. The molecule has 2 unspecified atom stereocenters. The van der Waals surface area contributed by atoms with Gasteiger partial charge in [-0.2, -0.15) is 0 Å².